The van der Waals surface area contributed by atoms with Crippen LogP contribution in [0.4, 0.5) is 5.69 Å². The smallest absolute Gasteiger partial charge is 0.312 e. The monoisotopic (exact) mass is 402 g/mol. The number of amides is 2. The highest BCUT2D eigenvalue weighted by Gasteiger charge is 2.40. The molecular weight excluding hydrogens is 388 g/mol. The third-order valence-corrected chi connectivity index (χ3v) is 4.57. The topological polar surface area (TPSA) is 134 Å². The van der Waals surface area contributed by atoms with Gasteiger partial charge in [0.05, 0.1) is 11.1 Å². The number of nitro groups is 1. The molecule has 9 nitrogen and oxygen atoms in total. The van der Waals surface area contributed by atoms with Crippen molar-refractivity contribution in [2.24, 2.45) is 11.0 Å². The van der Waals surface area contributed by atoms with E-state index in [2.05, 4.69) is 15.8 Å². The standard InChI is InChI=1S/C18H15ClN4O5/c19-12-6-11(16(24)14(7-12)23(27)28)8-21-22-18(26)15-13(9-20-17(15)25)10-4-2-1-3-5-10/h1-8,13,15,24H,9H2,(H,20,25)(H,22,26)/t13-,15-/m1/s1. The second-order valence-electron chi connectivity index (χ2n) is 6.09. The third-order valence-electron chi connectivity index (χ3n) is 4.35. The second kappa shape index (κ2) is 8.05. The number of carbonyl (C=O) groups excluding carboxylic acids is 2. The van der Waals surface area contributed by atoms with Crippen LogP contribution in [0.1, 0.15) is 17.0 Å². The maximum Gasteiger partial charge on any atom is 0.312 e. The summed E-state index contributed by atoms with van der Waals surface area (Å²) >= 11 is 5.80. The zero-order valence-corrected chi connectivity index (χ0v) is 15.1. The molecule has 1 aliphatic heterocycles. The Labute approximate surface area is 164 Å². The SMILES string of the molecule is O=C1NC[C@H](c2ccccc2)[C@H]1C(=O)NN=Cc1cc(Cl)cc([N+](=O)[O-])c1O. The number of phenolic OH excluding ortho intramolecular Hbond substituents is 1. The normalized spacial score (nSPS) is 18.8. The first-order chi connectivity index (χ1) is 13.4. The lowest BCUT2D eigenvalue weighted by Crippen LogP contribution is -2.34. The molecule has 0 saturated carbocycles. The summed E-state index contributed by atoms with van der Waals surface area (Å²) in [6, 6.07) is 11.4. The molecule has 2 amide bonds. The molecule has 0 unspecified atom stereocenters. The summed E-state index contributed by atoms with van der Waals surface area (Å²) in [5.74, 6) is -2.99. The molecule has 10 heteroatoms. The van der Waals surface area contributed by atoms with Crippen LogP contribution in [0.5, 0.6) is 5.75 Å². The Morgan fingerprint density at radius 2 is 2.07 bits per heavy atom. The van der Waals surface area contributed by atoms with Gasteiger partial charge in [-0.1, -0.05) is 41.9 Å². The Morgan fingerprint density at radius 1 is 1.36 bits per heavy atom. The van der Waals surface area contributed by atoms with Crippen LogP contribution in [-0.2, 0) is 9.59 Å². The molecule has 1 fully saturated rings. The van der Waals surface area contributed by atoms with Gasteiger partial charge in [-0.2, -0.15) is 5.10 Å². The van der Waals surface area contributed by atoms with Crippen LogP contribution in [0, 0.1) is 16.0 Å². The quantitative estimate of drug-likeness (QED) is 0.304. The summed E-state index contributed by atoms with van der Waals surface area (Å²) < 4.78 is 0. The van der Waals surface area contributed by atoms with Crippen molar-refractivity contribution in [1.29, 1.82) is 0 Å². The fourth-order valence-electron chi connectivity index (χ4n) is 3.01. The molecule has 3 rings (SSSR count). The van der Waals surface area contributed by atoms with Crippen LogP contribution in [0.2, 0.25) is 5.02 Å². The summed E-state index contributed by atoms with van der Waals surface area (Å²) in [5, 5.41) is 27.2. The number of hydrogen-bond donors (Lipinski definition) is 3. The van der Waals surface area contributed by atoms with Crippen LogP contribution >= 0.6 is 11.6 Å². The first-order valence-corrected chi connectivity index (χ1v) is 8.58. The van der Waals surface area contributed by atoms with E-state index < -0.39 is 34.1 Å². The molecule has 2 aromatic rings. The molecule has 0 radical (unpaired) electrons. The number of hydrazone groups is 1. The van der Waals surface area contributed by atoms with Gasteiger partial charge in [-0.3, -0.25) is 19.7 Å². The summed E-state index contributed by atoms with van der Waals surface area (Å²) in [6.07, 6.45) is 1.02. The van der Waals surface area contributed by atoms with Gasteiger partial charge in [-0.05, 0) is 11.6 Å². The van der Waals surface area contributed by atoms with Gasteiger partial charge in [0, 0.05) is 29.1 Å². The number of rotatable bonds is 5. The van der Waals surface area contributed by atoms with Crippen molar-refractivity contribution in [2.45, 2.75) is 5.92 Å². The van der Waals surface area contributed by atoms with Gasteiger partial charge in [0.2, 0.25) is 11.7 Å². The number of nitrogens with one attached hydrogen (secondary N) is 2. The van der Waals surface area contributed by atoms with Crippen molar-refractivity contribution in [3.05, 3.63) is 68.7 Å². The largest absolute Gasteiger partial charge is 0.502 e. The van der Waals surface area contributed by atoms with E-state index in [1.165, 1.54) is 6.07 Å². The molecule has 1 aliphatic rings. The zero-order chi connectivity index (χ0) is 20.3. The molecule has 0 aliphatic carbocycles. The molecule has 0 aromatic heterocycles. The fraction of sp³-hybridized carbons (Fsp3) is 0.167. The minimum Gasteiger partial charge on any atom is -0.502 e. The highest BCUT2D eigenvalue weighted by atomic mass is 35.5. The van der Waals surface area contributed by atoms with Crippen molar-refractivity contribution in [1.82, 2.24) is 10.7 Å². The molecule has 1 heterocycles. The minimum atomic E-state index is -0.971. The van der Waals surface area contributed by atoms with Gasteiger partial charge in [0.25, 0.3) is 5.91 Å². The Kier molecular flexibility index (Phi) is 5.55. The highest BCUT2D eigenvalue weighted by molar-refractivity contribution is 6.31. The van der Waals surface area contributed by atoms with Crippen LogP contribution in [0.15, 0.2) is 47.6 Å². The van der Waals surface area contributed by atoms with Crippen LogP contribution < -0.4 is 10.7 Å². The van der Waals surface area contributed by atoms with E-state index in [1.54, 1.807) is 0 Å². The first-order valence-electron chi connectivity index (χ1n) is 8.21. The van der Waals surface area contributed by atoms with Gasteiger partial charge in [-0.15, -0.1) is 0 Å². The number of nitrogens with zero attached hydrogens (tertiary/aromatic N) is 2. The van der Waals surface area contributed by atoms with E-state index >= 15 is 0 Å². The lowest BCUT2D eigenvalue weighted by Gasteiger charge is -2.15. The van der Waals surface area contributed by atoms with Crippen LogP contribution in [-0.4, -0.2) is 34.6 Å². The molecule has 0 spiro atoms. The maximum atomic E-state index is 12.5. The maximum absolute atomic E-state index is 12.5. The van der Waals surface area contributed by atoms with E-state index in [0.717, 1.165) is 17.8 Å². The van der Waals surface area contributed by atoms with Crippen LogP contribution in [0.3, 0.4) is 0 Å². The third kappa shape index (κ3) is 3.94. The molecule has 1 saturated heterocycles. The van der Waals surface area contributed by atoms with E-state index in [1.807, 2.05) is 30.3 Å². The van der Waals surface area contributed by atoms with Crippen molar-refractivity contribution >= 4 is 35.3 Å². The molecule has 0 bridgehead atoms. The summed E-state index contributed by atoms with van der Waals surface area (Å²) in [5.41, 5.74) is 2.46. The number of phenols is 1. The van der Waals surface area contributed by atoms with Crippen molar-refractivity contribution in [3.63, 3.8) is 0 Å². The van der Waals surface area contributed by atoms with Crippen molar-refractivity contribution < 1.29 is 19.6 Å². The highest BCUT2D eigenvalue weighted by Crippen LogP contribution is 2.32. The van der Waals surface area contributed by atoms with Gasteiger partial charge in [-0.25, -0.2) is 5.43 Å². The number of aromatic hydroxyl groups is 1. The molecule has 2 atom stereocenters. The van der Waals surface area contributed by atoms with E-state index in [-0.39, 0.29) is 16.5 Å². The summed E-state index contributed by atoms with van der Waals surface area (Å²) in [7, 11) is 0. The summed E-state index contributed by atoms with van der Waals surface area (Å²) in [6.45, 7) is 0.325. The number of nitro benzene ring substituents is 1. The van der Waals surface area contributed by atoms with Gasteiger partial charge in [0.1, 0.15) is 5.92 Å². The number of benzene rings is 2. The average Bonchev–Trinajstić information content (AvgIpc) is 3.06. The van der Waals surface area contributed by atoms with E-state index in [9.17, 15) is 24.8 Å². The second-order valence-corrected chi connectivity index (χ2v) is 6.53. The average molecular weight is 403 g/mol. The Hall–Kier alpha value is -3.46. The summed E-state index contributed by atoms with van der Waals surface area (Å²) in [4.78, 5) is 34.7. The Morgan fingerprint density at radius 3 is 2.75 bits per heavy atom. The van der Waals surface area contributed by atoms with Crippen molar-refractivity contribution in [3.8, 4) is 5.75 Å². The lowest BCUT2D eigenvalue weighted by atomic mass is 9.88. The Balaban J connectivity index is 1.76. The molecule has 3 N–H and O–H groups in total. The first kappa shape index (κ1) is 19.3. The number of hydrogen-bond acceptors (Lipinski definition) is 6. The van der Waals surface area contributed by atoms with Gasteiger partial charge >= 0.3 is 5.69 Å². The molecular formula is C18H15ClN4O5. The van der Waals surface area contributed by atoms with E-state index in [4.69, 9.17) is 11.6 Å². The fourth-order valence-corrected chi connectivity index (χ4v) is 3.23. The molecule has 2 aromatic carbocycles. The van der Waals surface area contributed by atoms with Gasteiger partial charge < -0.3 is 10.4 Å². The van der Waals surface area contributed by atoms with Gasteiger partial charge in [0.15, 0.2) is 0 Å². The lowest BCUT2D eigenvalue weighted by molar-refractivity contribution is -0.385. The molecule has 144 valence electrons. The van der Waals surface area contributed by atoms with Crippen molar-refractivity contribution in [2.75, 3.05) is 6.54 Å². The minimum absolute atomic E-state index is 0.0246. The predicted octanol–water partition coefficient (Wildman–Crippen LogP) is 1.93. The Bertz CT molecular complexity index is 964. The molecule has 28 heavy (non-hydrogen) atoms. The zero-order valence-electron chi connectivity index (χ0n) is 14.3. The van der Waals surface area contributed by atoms with Crippen LogP contribution in [0.25, 0.3) is 0 Å². The number of halogens is 1. The van der Waals surface area contributed by atoms with E-state index in [0.29, 0.717) is 6.54 Å². The predicted molar refractivity (Wildman–Crippen MR) is 101 cm³/mol. The number of carbonyl (C=O) groups is 2.